The molecule has 3 aromatic rings. The number of nitrogens with zero attached hydrogens (tertiary/aromatic N) is 1. The average molecular weight is 412 g/mol. The van der Waals surface area contributed by atoms with Crippen molar-refractivity contribution in [3.05, 3.63) is 42.5 Å². The van der Waals surface area contributed by atoms with Gasteiger partial charge in [-0.1, -0.05) is 18.6 Å². The number of oxazole rings is 1. The summed E-state index contributed by atoms with van der Waals surface area (Å²) in [7, 11) is 1.53. The van der Waals surface area contributed by atoms with E-state index in [2.05, 4.69) is 15.6 Å². The quantitative estimate of drug-likeness (QED) is 0.241. The maximum Gasteiger partial charge on any atom is 0.319 e. The van der Waals surface area contributed by atoms with E-state index in [0.717, 1.165) is 11.9 Å². The largest absolute Gasteiger partial charge is 0.495 e. The lowest BCUT2D eigenvalue weighted by Gasteiger charge is -2.12. The fraction of sp³-hybridized carbons (Fsp3) is 0.286. The molecule has 0 aliphatic carbocycles. The van der Waals surface area contributed by atoms with Gasteiger partial charge in [0.15, 0.2) is 5.58 Å². The lowest BCUT2D eigenvalue weighted by molar-refractivity contribution is -0.129. The summed E-state index contributed by atoms with van der Waals surface area (Å²) in [6.45, 7) is 0.458. The number of nitrogens with one attached hydrogen (secondary N) is 3. The monoisotopic (exact) mass is 412 g/mol. The molecule has 158 valence electrons. The number of amides is 3. The van der Waals surface area contributed by atoms with Gasteiger partial charge >= 0.3 is 6.03 Å². The highest BCUT2D eigenvalue weighted by atomic mass is 16.5. The van der Waals surface area contributed by atoms with Crippen molar-refractivity contribution >= 4 is 28.7 Å². The highest BCUT2D eigenvalue weighted by molar-refractivity contribution is 5.92. The molecular weight excluding hydrogens is 388 g/mol. The number of fused-ring (bicyclic) bond motifs is 1. The van der Waals surface area contributed by atoms with E-state index >= 15 is 0 Å². The highest BCUT2D eigenvalue weighted by Crippen LogP contribution is 2.31. The Kier molecular flexibility index (Phi) is 7.23. The Balaban J connectivity index is 1.58. The number of rotatable bonds is 9. The summed E-state index contributed by atoms with van der Waals surface area (Å²) in [5.74, 6) is 0.556. The van der Waals surface area contributed by atoms with Gasteiger partial charge in [0, 0.05) is 18.5 Å². The van der Waals surface area contributed by atoms with E-state index in [1.54, 1.807) is 17.6 Å². The van der Waals surface area contributed by atoms with Gasteiger partial charge in [0.2, 0.25) is 11.8 Å². The van der Waals surface area contributed by atoms with Crippen LogP contribution in [0.5, 0.6) is 5.75 Å². The molecule has 0 spiro atoms. The molecule has 0 radical (unpaired) electrons. The molecule has 3 rings (SSSR count). The Hall–Kier alpha value is -3.59. The zero-order valence-electron chi connectivity index (χ0n) is 16.6. The predicted molar refractivity (Wildman–Crippen MR) is 111 cm³/mol. The summed E-state index contributed by atoms with van der Waals surface area (Å²) in [6.07, 6.45) is 2.36. The van der Waals surface area contributed by atoms with Crippen LogP contribution in [0.4, 0.5) is 10.5 Å². The summed E-state index contributed by atoms with van der Waals surface area (Å²) in [4.78, 5) is 27.7. The van der Waals surface area contributed by atoms with Crippen LogP contribution >= 0.6 is 0 Å². The fourth-order valence-corrected chi connectivity index (χ4v) is 2.95. The number of unbranched alkanes of at least 4 members (excludes halogenated alkanes) is 2. The minimum Gasteiger partial charge on any atom is -0.495 e. The Morgan fingerprint density at radius 1 is 1.13 bits per heavy atom. The van der Waals surface area contributed by atoms with Crippen molar-refractivity contribution in [3.63, 3.8) is 0 Å². The molecule has 1 aromatic heterocycles. The van der Waals surface area contributed by atoms with E-state index in [0.29, 0.717) is 47.9 Å². The van der Waals surface area contributed by atoms with E-state index < -0.39 is 5.91 Å². The number of ether oxygens (including phenoxy) is 1. The van der Waals surface area contributed by atoms with Crippen LogP contribution in [0.15, 0.2) is 46.9 Å². The molecular formula is C21H24N4O5. The molecule has 0 fully saturated rings. The van der Waals surface area contributed by atoms with Crippen molar-refractivity contribution in [3.8, 4) is 17.2 Å². The van der Waals surface area contributed by atoms with Crippen LogP contribution in [0.1, 0.15) is 25.7 Å². The number of para-hydroxylation sites is 2. The number of carbonyl (C=O) groups is 2. The van der Waals surface area contributed by atoms with Gasteiger partial charge in [-0.15, -0.1) is 0 Å². The molecule has 3 amide bonds. The molecule has 30 heavy (non-hydrogen) atoms. The second-order valence-corrected chi connectivity index (χ2v) is 6.63. The third-order valence-corrected chi connectivity index (χ3v) is 4.48. The number of carbonyl (C=O) groups excluding carboxylic acids is 2. The molecule has 0 aliphatic rings. The molecule has 0 saturated carbocycles. The SMILES string of the molecule is COc1ccc(-c2nc3ccccc3o2)cc1NC(=O)NCCCCCC(=O)NO. The molecule has 0 bridgehead atoms. The topological polar surface area (TPSA) is 126 Å². The van der Waals surface area contributed by atoms with Crippen LogP contribution in [0.2, 0.25) is 0 Å². The Morgan fingerprint density at radius 3 is 2.73 bits per heavy atom. The van der Waals surface area contributed by atoms with Gasteiger partial charge in [-0.05, 0) is 43.2 Å². The summed E-state index contributed by atoms with van der Waals surface area (Å²) in [5.41, 5.74) is 4.25. The predicted octanol–water partition coefficient (Wildman–Crippen LogP) is 3.69. The number of urea groups is 1. The molecule has 9 nitrogen and oxygen atoms in total. The first kappa shape index (κ1) is 21.1. The van der Waals surface area contributed by atoms with Crippen LogP contribution in [0.3, 0.4) is 0 Å². The highest BCUT2D eigenvalue weighted by Gasteiger charge is 2.13. The molecule has 0 unspecified atom stereocenters. The van der Waals surface area contributed by atoms with Crippen molar-refractivity contribution in [1.29, 1.82) is 0 Å². The summed E-state index contributed by atoms with van der Waals surface area (Å²) in [6, 6.07) is 12.4. The molecule has 0 saturated heterocycles. The third-order valence-electron chi connectivity index (χ3n) is 4.48. The van der Waals surface area contributed by atoms with Crippen molar-refractivity contribution in [2.75, 3.05) is 19.0 Å². The lowest BCUT2D eigenvalue weighted by atomic mass is 10.2. The summed E-state index contributed by atoms with van der Waals surface area (Å²) < 4.78 is 11.1. The third kappa shape index (κ3) is 5.48. The van der Waals surface area contributed by atoms with E-state index in [1.807, 2.05) is 30.3 Å². The Bertz CT molecular complexity index is 985. The average Bonchev–Trinajstić information content (AvgIpc) is 3.20. The van der Waals surface area contributed by atoms with Crippen molar-refractivity contribution in [2.45, 2.75) is 25.7 Å². The van der Waals surface area contributed by atoms with Crippen LogP contribution < -0.4 is 20.9 Å². The number of hydroxylamine groups is 1. The molecule has 1 heterocycles. The van der Waals surface area contributed by atoms with Gasteiger partial charge in [-0.25, -0.2) is 15.3 Å². The Labute approximate surface area is 173 Å². The minimum atomic E-state index is -0.411. The number of hydrogen-bond acceptors (Lipinski definition) is 6. The minimum absolute atomic E-state index is 0.252. The smallest absolute Gasteiger partial charge is 0.319 e. The standard InChI is InChI=1S/C21H24N4O5/c1-29-17-11-10-14(20-23-15-7-4-5-8-18(15)30-20)13-16(17)24-21(27)22-12-6-2-3-9-19(26)25-28/h4-5,7-8,10-11,13,28H,2-3,6,9,12H2,1H3,(H,25,26)(H2,22,24,27). The zero-order chi connectivity index (χ0) is 21.3. The van der Waals surface area contributed by atoms with Gasteiger partial charge in [0.1, 0.15) is 11.3 Å². The summed E-state index contributed by atoms with van der Waals surface area (Å²) >= 11 is 0. The first-order chi connectivity index (χ1) is 14.6. The van der Waals surface area contributed by atoms with Crippen molar-refractivity contribution in [2.24, 2.45) is 0 Å². The van der Waals surface area contributed by atoms with Crippen LogP contribution in [-0.4, -0.2) is 35.8 Å². The van der Waals surface area contributed by atoms with Gasteiger partial charge in [-0.3, -0.25) is 10.0 Å². The number of hydrogen-bond donors (Lipinski definition) is 4. The maximum atomic E-state index is 12.2. The van der Waals surface area contributed by atoms with Crippen LogP contribution in [-0.2, 0) is 4.79 Å². The number of anilines is 1. The van der Waals surface area contributed by atoms with Gasteiger partial charge in [0.25, 0.3) is 0 Å². The van der Waals surface area contributed by atoms with Gasteiger partial charge in [-0.2, -0.15) is 0 Å². The maximum absolute atomic E-state index is 12.2. The van der Waals surface area contributed by atoms with Crippen LogP contribution in [0, 0.1) is 0 Å². The second-order valence-electron chi connectivity index (χ2n) is 6.63. The second kappa shape index (κ2) is 10.3. The number of methoxy groups -OCH3 is 1. The van der Waals surface area contributed by atoms with Crippen molar-refractivity contribution in [1.82, 2.24) is 15.8 Å². The zero-order valence-corrected chi connectivity index (χ0v) is 16.6. The van der Waals surface area contributed by atoms with E-state index in [1.165, 1.54) is 7.11 Å². The van der Waals surface area contributed by atoms with Gasteiger partial charge in [0.05, 0.1) is 12.8 Å². The molecule has 2 aromatic carbocycles. The van der Waals surface area contributed by atoms with E-state index in [-0.39, 0.29) is 12.5 Å². The van der Waals surface area contributed by atoms with E-state index in [9.17, 15) is 9.59 Å². The lowest BCUT2D eigenvalue weighted by Crippen LogP contribution is -2.29. The molecule has 0 aliphatic heterocycles. The Morgan fingerprint density at radius 2 is 1.97 bits per heavy atom. The molecule has 4 N–H and O–H groups in total. The first-order valence-electron chi connectivity index (χ1n) is 9.62. The van der Waals surface area contributed by atoms with E-state index in [4.69, 9.17) is 14.4 Å². The fourth-order valence-electron chi connectivity index (χ4n) is 2.95. The van der Waals surface area contributed by atoms with Crippen LogP contribution in [0.25, 0.3) is 22.6 Å². The molecule has 9 heteroatoms. The number of benzene rings is 2. The molecule has 0 atom stereocenters. The van der Waals surface area contributed by atoms with Crippen molar-refractivity contribution < 1.29 is 24.0 Å². The van der Waals surface area contributed by atoms with Gasteiger partial charge < -0.3 is 19.8 Å². The normalized spacial score (nSPS) is 10.6. The number of aromatic nitrogens is 1. The first-order valence-corrected chi connectivity index (χ1v) is 9.62. The summed E-state index contributed by atoms with van der Waals surface area (Å²) in [5, 5.41) is 14.0.